The largest absolute Gasteiger partial charge is 0.469 e. The summed E-state index contributed by atoms with van der Waals surface area (Å²) in [7, 11) is -4.75. The van der Waals surface area contributed by atoms with Gasteiger partial charge in [0, 0.05) is 12.8 Å². The van der Waals surface area contributed by atoms with Crippen LogP contribution in [0.25, 0.3) is 0 Å². The molecule has 0 aliphatic carbocycles. The third-order valence-electron chi connectivity index (χ3n) is 8.53. The van der Waals surface area contributed by atoms with Gasteiger partial charge in [-0.3, -0.25) is 14.1 Å². The van der Waals surface area contributed by atoms with Crippen molar-refractivity contribution in [3.63, 3.8) is 0 Å². The van der Waals surface area contributed by atoms with Crippen LogP contribution in [0.15, 0.2) is 12.2 Å². The molecule has 0 aromatic heterocycles. The Morgan fingerprint density at radius 1 is 0.532 bits per heavy atom. The lowest BCUT2D eigenvalue weighted by molar-refractivity contribution is -0.161. The van der Waals surface area contributed by atoms with Crippen LogP contribution >= 0.6 is 7.82 Å². The van der Waals surface area contributed by atoms with Crippen molar-refractivity contribution in [2.45, 2.75) is 206 Å². The van der Waals surface area contributed by atoms with Crippen LogP contribution in [0.1, 0.15) is 200 Å². The first-order valence-corrected chi connectivity index (χ1v) is 21.0. The molecule has 0 spiro atoms. The minimum Gasteiger partial charge on any atom is -0.462 e. The third kappa shape index (κ3) is 37.5. The number of phosphoric ester groups is 1. The quantitative estimate of drug-likeness (QED) is 0.0289. The molecule has 0 fully saturated rings. The van der Waals surface area contributed by atoms with Gasteiger partial charge in [-0.25, -0.2) is 4.57 Å². The molecule has 0 saturated carbocycles. The lowest BCUT2D eigenvalue weighted by atomic mass is 10.0. The van der Waals surface area contributed by atoms with E-state index in [0.717, 1.165) is 38.5 Å². The molecule has 0 amide bonds. The number of carbonyl (C=O) groups excluding carboxylic acids is 2. The Morgan fingerprint density at radius 3 is 1.34 bits per heavy atom. The number of carbonyl (C=O) groups is 2. The van der Waals surface area contributed by atoms with Crippen LogP contribution in [-0.2, 0) is 28.2 Å². The third-order valence-corrected chi connectivity index (χ3v) is 9.02. The summed E-state index contributed by atoms with van der Waals surface area (Å²) >= 11 is 0. The van der Waals surface area contributed by atoms with E-state index >= 15 is 0 Å². The van der Waals surface area contributed by atoms with Crippen molar-refractivity contribution < 1.29 is 37.9 Å². The van der Waals surface area contributed by atoms with Gasteiger partial charge in [-0.1, -0.05) is 161 Å². The summed E-state index contributed by atoms with van der Waals surface area (Å²) < 4.78 is 26.3. The summed E-state index contributed by atoms with van der Waals surface area (Å²) in [6, 6.07) is 0. The maximum absolute atomic E-state index is 12.4. The summed E-state index contributed by atoms with van der Waals surface area (Å²) in [5.41, 5.74) is 0. The molecular formula is C38H73O8P. The van der Waals surface area contributed by atoms with E-state index in [4.69, 9.17) is 19.3 Å². The topological polar surface area (TPSA) is 119 Å². The van der Waals surface area contributed by atoms with E-state index in [1.165, 1.54) is 122 Å². The van der Waals surface area contributed by atoms with Gasteiger partial charge in [-0.15, -0.1) is 0 Å². The molecule has 0 heterocycles. The van der Waals surface area contributed by atoms with Crippen molar-refractivity contribution in [2.24, 2.45) is 0 Å². The molecule has 0 radical (unpaired) electrons. The number of rotatable bonds is 36. The van der Waals surface area contributed by atoms with Crippen LogP contribution in [-0.4, -0.2) is 41.0 Å². The highest BCUT2D eigenvalue weighted by molar-refractivity contribution is 7.46. The normalized spacial score (nSPS) is 12.5. The van der Waals surface area contributed by atoms with Gasteiger partial charge in [0.05, 0.1) is 6.61 Å². The smallest absolute Gasteiger partial charge is 0.462 e. The first kappa shape index (κ1) is 45.8. The van der Waals surface area contributed by atoms with Gasteiger partial charge < -0.3 is 19.3 Å². The first-order chi connectivity index (χ1) is 22.8. The Balaban J connectivity index is 3.95. The fourth-order valence-corrected chi connectivity index (χ4v) is 5.96. The molecule has 0 bridgehead atoms. The molecule has 0 aliphatic heterocycles. The van der Waals surface area contributed by atoms with Crippen molar-refractivity contribution in [3.05, 3.63) is 12.2 Å². The van der Waals surface area contributed by atoms with Crippen molar-refractivity contribution in [2.75, 3.05) is 13.2 Å². The van der Waals surface area contributed by atoms with Crippen molar-refractivity contribution in [1.29, 1.82) is 0 Å². The number of ether oxygens (including phenoxy) is 2. The number of unbranched alkanes of at least 4 members (excludes halogenated alkanes) is 24. The molecular weight excluding hydrogens is 615 g/mol. The zero-order valence-electron chi connectivity index (χ0n) is 30.4. The number of allylic oxidation sites excluding steroid dienone is 2. The fourth-order valence-electron chi connectivity index (χ4n) is 5.60. The van der Waals surface area contributed by atoms with Gasteiger partial charge in [-0.2, -0.15) is 0 Å². The predicted octanol–water partition coefficient (Wildman–Crippen LogP) is 11.5. The second-order valence-electron chi connectivity index (χ2n) is 13.3. The van der Waals surface area contributed by atoms with E-state index in [1.54, 1.807) is 0 Å². The standard InChI is InChI=1S/C38H73O8P/c1-3-5-7-9-11-13-15-17-19-21-22-24-26-28-30-32-37(39)44-34-36(35-45-47(41,42)43)46-38(40)33-31-29-27-25-23-20-18-16-14-12-10-8-6-4-2/h22,24,36H,3-21,23,25-35H2,1-2H3,(H2,41,42,43)/b24-22+/t36-/m1/s1. The molecule has 47 heavy (non-hydrogen) atoms. The monoisotopic (exact) mass is 689 g/mol. The van der Waals surface area contributed by atoms with E-state index in [9.17, 15) is 14.2 Å². The van der Waals surface area contributed by atoms with Gasteiger partial charge in [0.2, 0.25) is 0 Å². The van der Waals surface area contributed by atoms with Gasteiger partial charge >= 0.3 is 19.8 Å². The van der Waals surface area contributed by atoms with Crippen LogP contribution in [0, 0.1) is 0 Å². The minimum absolute atomic E-state index is 0.213. The van der Waals surface area contributed by atoms with Gasteiger partial charge in [0.15, 0.2) is 6.10 Å². The average Bonchev–Trinajstić information content (AvgIpc) is 3.03. The maximum atomic E-state index is 12.4. The summed E-state index contributed by atoms with van der Waals surface area (Å²) in [5.74, 6) is -0.902. The lowest BCUT2D eigenvalue weighted by Gasteiger charge is -2.18. The SMILES string of the molecule is CCCCCCCCCCC/C=C/CCCCC(=O)OC[C@H](COP(=O)(O)O)OC(=O)CCCCCCCCCCCCCCCC. The van der Waals surface area contributed by atoms with Crippen LogP contribution < -0.4 is 0 Å². The zero-order valence-corrected chi connectivity index (χ0v) is 31.3. The summed E-state index contributed by atoms with van der Waals surface area (Å²) in [5, 5.41) is 0. The summed E-state index contributed by atoms with van der Waals surface area (Å²) in [6.07, 6.45) is 36.5. The van der Waals surface area contributed by atoms with Gasteiger partial charge in [-0.05, 0) is 38.5 Å². The Hall–Kier alpha value is -1.21. The summed E-state index contributed by atoms with van der Waals surface area (Å²) in [4.78, 5) is 42.7. The van der Waals surface area contributed by atoms with E-state index in [2.05, 4.69) is 30.5 Å². The Bertz CT molecular complexity index is 782. The van der Waals surface area contributed by atoms with E-state index in [1.807, 2.05) is 0 Å². The average molecular weight is 689 g/mol. The second-order valence-corrected chi connectivity index (χ2v) is 14.5. The molecule has 0 saturated heterocycles. The Morgan fingerprint density at radius 2 is 0.894 bits per heavy atom. The molecule has 278 valence electrons. The van der Waals surface area contributed by atoms with Crippen molar-refractivity contribution in [1.82, 2.24) is 0 Å². The molecule has 0 aliphatic rings. The second kappa shape index (κ2) is 34.6. The fraction of sp³-hybridized carbons (Fsp3) is 0.895. The number of phosphoric acid groups is 1. The predicted molar refractivity (Wildman–Crippen MR) is 193 cm³/mol. The van der Waals surface area contributed by atoms with Crippen LogP contribution in [0.2, 0.25) is 0 Å². The Kier molecular flexibility index (Phi) is 33.8. The van der Waals surface area contributed by atoms with E-state index in [-0.39, 0.29) is 19.4 Å². The maximum Gasteiger partial charge on any atom is 0.469 e. The van der Waals surface area contributed by atoms with Crippen LogP contribution in [0.4, 0.5) is 0 Å². The Labute approximate surface area is 288 Å². The molecule has 1 atom stereocenters. The summed E-state index contributed by atoms with van der Waals surface area (Å²) in [6.45, 7) is 3.67. The molecule has 0 aromatic carbocycles. The number of hydrogen-bond donors (Lipinski definition) is 2. The van der Waals surface area contributed by atoms with E-state index in [0.29, 0.717) is 12.8 Å². The molecule has 0 unspecified atom stereocenters. The van der Waals surface area contributed by atoms with Gasteiger partial charge in [0.1, 0.15) is 6.61 Å². The zero-order chi connectivity index (χ0) is 34.7. The minimum atomic E-state index is -4.75. The van der Waals surface area contributed by atoms with Crippen molar-refractivity contribution in [3.8, 4) is 0 Å². The molecule has 2 N–H and O–H groups in total. The highest BCUT2D eigenvalue weighted by atomic mass is 31.2. The molecule has 0 aromatic rings. The number of hydrogen-bond acceptors (Lipinski definition) is 6. The number of esters is 2. The van der Waals surface area contributed by atoms with Crippen molar-refractivity contribution >= 4 is 19.8 Å². The highest BCUT2D eigenvalue weighted by Crippen LogP contribution is 2.36. The molecule has 8 nitrogen and oxygen atoms in total. The molecule has 9 heteroatoms. The highest BCUT2D eigenvalue weighted by Gasteiger charge is 2.22. The molecule has 0 rings (SSSR count). The van der Waals surface area contributed by atoms with Crippen LogP contribution in [0.5, 0.6) is 0 Å². The van der Waals surface area contributed by atoms with E-state index < -0.39 is 32.5 Å². The first-order valence-electron chi connectivity index (χ1n) is 19.5. The van der Waals surface area contributed by atoms with Gasteiger partial charge in [0.25, 0.3) is 0 Å². The van der Waals surface area contributed by atoms with Crippen LogP contribution in [0.3, 0.4) is 0 Å². The lowest BCUT2D eigenvalue weighted by Crippen LogP contribution is -2.29.